The highest BCUT2D eigenvalue weighted by Gasteiger charge is 2.24. The smallest absolute Gasteiger partial charge is 0.338 e. The third kappa shape index (κ3) is 3.77. The van der Waals surface area contributed by atoms with Gasteiger partial charge in [0, 0.05) is 17.2 Å². The molecule has 1 heterocycles. The van der Waals surface area contributed by atoms with Crippen LogP contribution in [0.4, 0.5) is 5.69 Å². The average molecular weight is 373 g/mol. The summed E-state index contributed by atoms with van der Waals surface area (Å²) in [6, 6.07) is 12.4. The van der Waals surface area contributed by atoms with Gasteiger partial charge in [-0.2, -0.15) is 0 Å². The fourth-order valence-corrected chi connectivity index (χ4v) is 3.68. The van der Waals surface area contributed by atoms with Crippen LogP contribution in [0.3, 0.4) is 0 Å². The minimum atomic E-state index is -0.584. The Balaban J connectivity index is 1.66. The molecular formula is C19H19NO5S. The van der Waals surface area contributed by atoms with Gasteiger partial charge >= 0.3 is 5.97 Å². The second-order valence-electron chi connectivity index (χ2n) is 5.51. The van der Waals surface area contributed by atoms with Gasteiger partial charge in [0.2, 0.25) is 0 Å². The lowest BCUT2D eigenvalue weighted by Gasteiger charge is -2.28. The lowest BCUT2D eigenvalue weighted by Crippen LogP contribution is -2.38. The second kappa shape index (κ2) is 8.14. The highest BCUT2D eigenvalue weighted by Crippen LogP contribution is 2.34. The van der Waals surface area contributed by atoms with Crippen LogP contribution in [-0.2, 0) is 9.53 Å². The summed E-state index contributed by atoms with van der Waals surface area (Å²) in [5.41, 5.74) is 1.15. The van der Waals surface area contributed by atoms with Crippen molar-refractivity contribution in [1.82, 2.24) is 0 Å². The number of carbonyl (C=O) groups excluding carboxylic acids is 2. The summed E-state index contributed by atoms with van der Waals surface area (Å²) < 4.78 is 15.5. The molecule has 7 heteroatoms. The molecule has 0 atom stereocenters. The van der Waals surface area contributed by atoms with E-state index in [0.29, 0.717) is 23.6 Å². The molecule has 0 saturated heterocycles. The molecule has 26 heavy (non-hydrogen) atoms. The van der Waals surface area contributed by atoms with E-state index in [0.717, 1.165) is 16.3 Å². The van der Waals surface area contributed by atoms with Crippen LogP contribution in [0.1, 0.15) is 10.4 Å². The molecule has 2 aromatic carbocycles. The molecule has 0 N–H and O–H groups in total. The van der Waals surface area contributed by atoms with E-state index in [1.54, 1.807) is 28.8 Å². The number of ether oxygens (including phenoxy) is 3. The maximum atomic E-state index is 12.5. The van der Waals surface area contributed by atoms with Gasteiger partial charge in [-0.15, -0.1) is 11.8 Å². The highest BCUT2D eigenvalue weighted by molar-refractivity contribution is 7.99. The van der Waals surface area contributed by atoms with E-state index in [9.17, 15) is 9.59 Å². The van der Waals surface area contributed by atoms with Crippen molar-refractivity contribution in [1.29, 1.82) is 0 Å². The van der Waals surface area contributed by atoms with Gasteiger partial charge in [-0.05, 0) is 30.3 Å². The van der Waals surface area contributed by atoms with Crippen LogP contribution in [0, 0.1) is 0 Å². The summed E-state index contributed by atoms with van der Waals surface area (Å²) in [5.74, 6) is 0.926. The van der Waals surface area contributed by atoms with Crippen molar-refractivity contribution in [3.8, 4) is 11.5 Å². The number of esters is 1. The van der Waals surface area contributed by atoms with Crippen molar-refractivity contribution in [2.45, 2.75) is 4.90 Å². The Hall–Kier alpha value is -2.67. The summed E-state index contributed by atoms with van der Waals surface area (Å²) in [6.07, 6.45) is 0. The van der Waals surface area contributed by atoms with Crippen molar-refractivity contribution < 1.29 is 23.8 Å². The maximum Gasteiger partial charge on any atom is 0.338 e. The summed E-state index contributed by atoms with van der Waals surface area (Å²) in [5, 5.41) is 0. The van der Waals surface area contributed by atoms with Crippen LogP contribution in [0.5, 0.6) is 11.5 Å². The molecule has 1 aliphatic heterocycles. The molecule has 0 aliphatic carbocycles. The van der Waals surface area contributed by atoms with Crippen LogP contribution in [0.2, 0.25) is 0 Å². The first-order valence-electron chi connectivity index (χ1n) is 8.05. The molecule has 0 radical (unpaired) electrons. The number of para-hydroxylation sites is 1. The Morgan fingerprint density at radius 1 is 1.08 bits per heavy atom. The first-order valence-corrected chi connectivity index (χ1v) is 9.04. The van der Waals surface area contributed by atoms with Gasteiger partial charge < -0.3 is 19.1 Å². The van der Waals surface area contributed by atoms with Crippen molar-refractivity contribution in [3.05, 3.63) is 48.0 Å². The molecule has 0 bridgehead atoms. The van der Waals surface area contributed by atoms with Gasteiger partial charge in [-0.1, -0.05) is 12.1 Å². The van der Waals surface area contributed by atoms with Gasteiger partial charge in [0.15, 0.2) is 18.1 Å². The molecule has 0 saturated carbocycles. The number of amides is 1. The first-order chi connectivity index (χ1) is 12.6. The zero-order chi connectivity index (χ0) is 18.5. The van der Waals surface area contributed by atoms with Crippen LogP contribution >= 0.6 is 11.8 Å². The van der Waals surface area contributed by atoms with Crippen LogP contribution in [0.15, 0.2) is 47.4 Å². The quantitative estimate of drug-likeness (QED) is 0.751. The average Bonchev–Trinajstić information content (AvgIpc) is 2.70. The van der Waals surface area contributed by atoms with E-state index in [2.05, 4.69) is 0 Å². The minimum absolute atomic E-state index is 0.244. The number of fused-ring (bicyclic) bond motifs is 1. The Bertz CT molecular complexity index is 823. The Kier molecular flexibility index (Phi) is 5.68. The highest BCUT2D eigenvalue weighted by atomic mass is 32.2. The van der Waals surface area contributed by atoms with E-state index in [1.165, 1.54) is 20.3 Å². The Morgan fingerprint density at radius 3 is 2.62 bits per heavy atom. The molecule has 0 unspecified atom stereocenters. The predicted molar refractivity (Wildman–Crippen MR) is 99.3 cm³/mol. The van der Waals surface area contributed by atoms with Crippen molar-refractivity contribution in [2.75, 3.05) is 38.0 Å². The number of methoxy groups -OCH3 is 2. The van der Waals surface area contributed by atoms with Crippen molar-refractivity contribution >= 4 is 29.3 Å². The fourth-order valence-electron chi connectivity index (χ4n) is 2.68. The van der Waals surface area contributed by atoms with Gasteiger partial charge in [-0.3, -0.25) is 4.79 Å². The number of thioether (sulfide) groups is 1. The summed E-state index contributed by atoms with van der Waals surface area (Å²) in [7, 11) is 3.01. The number of hydrogen-bond acceptors (Lipinski definition) is 6. The Labute approximate surface area is 156 Å². The maximum absolute atomic E-state index is 12.5. The van der Waals surface area contributed by atoms with Gasteiger partial charge in [0.05, 0.1) is 25.5 Å². The Morgan fingerprint density at radius 2 is 1.85 bits per heavy atom. The first kappa shape index (κ1) is 18.1. The van der Waals surface area contributed by atoms with Crippen molar-refractivity contribution in [3.63, 3.8) is 0 Å². The molecular weight excluding hydrogens is 354 g/mol. The summed E-state index contributed by atoms with van der Waals surface area (Å²) in [4.78, 5) is 27.5. The number of carbonyl (C=O) groups is 2. The number of benzene rings is 2. The number of nitrogens with zero attached hydrogens (tertiary/aromatic N) is 1. The second-order valence-corrected chi connectivity index (χ2v) is 6.64. The number of anilines is 1. The van der Waals surface area contributed by atoms with E-state index >= 15 is 0 Å². The van der Waals surface area contributed by atoms with Gasteiger partial charge in [0.1, 0.15) is 0 Å². The van der Waals surface area contributed by atoms with Crippen LogP contribution in [0.25, 0.3) is 0 Å². The third-order valence-corrected chi connectivity index (χ3v) is 5.02. The van der Waals surface area contributed by atoms with Gasteiger partial charge in [-0.25, -0.2) is 4.79 Å². The molecule has 0 spiro atoms. The number of hydrogen-bond donors (Lipinski definition) is 0. The monoisotopic (exact) mass is 373 g/mol. The van der Waals surface area contributed by atoms with Crippen molar-refractivity contribution in [2.24, 2.45) is 0 Å². The number of rotatable bonds is 5. The van der Waals surface area contributed by atoms with Crippen LogP contribution < -0.4 is 14.4 Å². The summed E-state index contributed by atoms with van der Waals surface area (Å²) in [6.45, 7) is 0.278. The largest absolute Gasteiger partial charge is 0.493 e. The molecule has 2 aromatic rings. The minimum Gasteiger partial charge on any atom is -0.493 e. The lowest BCUT2D eigenvalue weighted by molar-refractivity contribution is -0.121. The molecule has 3 rings (SSSR count). The molecule has 0 fully saturated rings. The van der Waals surface area contributed by atoms with E-state index in [-0.39, 0.29) is 12.5 Å². The van der Waals surface area contributed by atoms with E-state index in [1.807, 2.05) is 24.3 Å². The SMILES string of the molecule is COc1ccc(C(=O)OCC(=O)N2CCSc3ccccc32)cc1OC. The third-order valence-electron chi connectivity index (χ3n) is 3.98. The molecule has 136 valence electrons. The molecule has 1 amide bonds. The molecule has 0 aromatic heterocycles. The van der Waals surface area contributed by atoms with Gasteiger partial charge in [0.25, 0.3) is 5.91 Å². The zero-order valence-corrected chi connectivity index (χ0v) is 15.4. The lowest BCUT2D eigenvalue weighted by atomic mass is 10.2. The van der Waals surface area contributed by atoms with E-state index in [4.69, 9.17) is 14.2 Å². The predicted octanol–water partition coefficient (Wildman–Crippen LogP) is 3.00. The summed E-state index contributed by atoms with van der Waals surface area (Å²) >= 11 is 1.71. The standard InChI is InChI=1S/C19H19NO5S/c1-23-15-8-7-13(11-16(15)24-2)19(22)25-12-18(21)20-9-10-26-17-6-4-3-5-14(17)20/h3-8,11H,9-10,12H2,1-2H3. The fraction of sp³-hybridized carbons (Fsp3) is 0.263. The van der Waals surface area contributed by atoms with E-state index < -0.39 is 5.97 Å². The topological polar surface area (TPSA) is 65.1 Å². The molecule has 1 aliphatic rings. The zero-order valence-electron chi connectivity index (χ0n) is 14.6. The normalized spacial score (nSPS) is 12.9. The molecule has 6 nitrogen and oxygen atoms in total. The van der Waals surface area contributed by atoms with Crippen LogP contribution in [-0.4, -0.2) is 45.0 Å².